The second kappa shape index (κ2) is 5.50. The Bertz CT molecular complexity index is 1010. The fourth-order valence-corrected chi connectivity index (χ4v) is 3.45. The molecule has 0 unspecified atom stereocenters. The molecule has 1 N–H and O–H groups in total. The van der Waals surface area contributed by atoms with Gasteiger partial charge in [-0.25, -0.2) is 0 Å². The Morgan fingerprint density at radius 1 is 1.38 bits per heavy atom. The number of phenols is 1. The highest BCUT2D eigenvalue weighted by Gasteiger charge is 2.23. The average molecular weight is 316 g/mol. The summed E-state index contributed by atoms with van der Waals surface area (Å²) in [5.74, 6) is 0.0478. The standard InChI is InChI=1S/C19H16N4O/c1-12-16-11-22-6-3-7-23(16)18-15(13-4-2-5-21-10-13)8-14(9-20)19(24)17(12)18/h2,4-5,8,10-11,24H,3,6-7H2,1H3. The van der Waals surface area contributed by atoms with Crippen LogP contribution in [0.5, 0.6) is 5.75 Å². The molecule has 0 bridgehead atoms. The fourth-order valence-electron chi connectivity index (χ4n) is 3.45. The molecule has 3 heterocycles. The van der Waals surface area contributed by atoms with Crippen LogP contribution in [-0.4, -0.2) is 27.4 Å². The summed E-state index contributed by atoms with van der Waals surface area (Å²) >= 11 is 0. The summed E-state index contributed by atoms with van der Waals surface area (Å²) in [6.07, 6.45) is 6.33. The minimum Gasteiger partial charge on any atom is -0.506 e. The van der Waals surface area contributed by atoms with E-state index in [1.807, 2.05) is 25.3 Å². The Morgan fingerprint density at radius 3 is 3.00 bits per heavy atom. The van der Waals surface area contributed by atoms with Crippen LogP contribution in [0, 0.1) is 18.3 Å². The molecular weight excluding hydrogens is 300 g/mol. The van der Waals surface area contributed by atoms with Gasteiger partial charge in [-0.2, -0.15) is 5.26 Å². The number of nitriles is 1. The first-order chi connectivity index (χ1) is 11.7. The van der Waals surface area contributed by atoms with Crippen molar-refractivity contribution in [2.75, 3.05) is 6.54 Å². The number of aromatic hydroxyl groups is 1. The third kappa shape index (κ3) is 2.00. The van der Waals surface area contributed by atoms with Crippen LogP contribution in [0.1, 0.15) is 23.2 Å². The van der Waals surface area contributed by atoms with Gasteiger partial charge in [0.25, 0.3) is 0 Å². The molecule has 1 aromatic carbocycles. The molecule has 0 fully saturated rings. The van der Waals surface area contributed by atoms with Crippen LogP contribution in [0.3, 0.4) is 0 Å². The van der Waals surface area contributed by atoms with Gasteiger partial charge in [-0.05, 0) is 31.0 Å². The Morgan fingerprint density at radius 2 is 2.25 bits per heavy atom. The fraction of sp³-hybridized carbons (Fsp3) is 0.211. The van der Waals surface area contributed by atoms with E-state index in [-0.39, 0.29) is 11.3 Å². The number of hydrogen-bond acceptors (Lipinski definition) is 4. The van der Waals surface area contributed by atoms with Gasteiger partial charge in [-0.1, -0.05) is 6.07 Å². The van der Waals surface area contributed by atoms with Crippen LogP contribution in [0.4, 0.5) is 0 Å². The van der Waals surface area contributed by atoms with E-state index in [1.165, 1.54) is 0 Å². The predicted octanol–water partition coefficient (Wildman–Crippen LogP) is 3.41. The molecule has 2 aromatic heterocycles. The molecule has 118 valence electrons. The Labute approximate surface area is 139 Å². The number of nitrogens with zero attached hydrogens (tertiary/aromatic N) is 4. The largest absolute Gasteiger partial charge is 0.506 e. The van der Waals surface area contributed by atoms with Gasteiger partial charge in [-0.3, -0.25) is 9.98 Å². The number of pyridine rings is 1. The quantitative estimate of drug-likeness (QED) is 0.747. The van der Waals surface area contributed by atoms with Gasteiger partial charge in [0.1, 0.15) is 11.8 Å². The maximum absolute atomic E-state index is 10.6. The lowest BCUT2D eigenvalue weighted by molar-refractivity contribution is 0.480. The molecule has 0 saturated carbocycles. The second-order valence-electron chi connectivity index (χ2n) is 5.95. The van der Waals surface area contributed by atoms with Crippen LogP contribution in [-0.2, 0) is 6.54 Å². The first-order valence-corrected chi connectivity index (χ1v) is 7.91. The summed E-state index contributed by atoms with van der Waals surface area (Å²) in [7, 11) is 0. The summed E-state index contributed by atoms with van der Waals surface area (Å²) in [5, 5.41) is 20.8. The summed E-state index contributed by atoms with van der Waals surface area (Å²) in [4.78, 5) is 8.64. The Balaban J connectivity index is 2.19. The highest BCUT2D eigenvalue weighted by atomic mass is 16.3. The van der Waals surface area contributed by atoms with Gasteiger partial charge in [0, 0.05) is 48.2 Å². The molecular formula is C19H16N4O. The van der Waals surface area contributed by atoms with Crippen molar-refractivity contribution in [1.82, 2.24) is 9.55 Å². The molecule has 3 aromatic rings. The zero-order chi connectivity index (χ0) is 16.7. The first-order valence-electron chi connectivity index (χ1n) is 7.91. The molecule has 1 aliphatic rings. The van der Waals surface area contributed by atoms with Crippen LogP contribution >= 0.6 is 0 Å². The van der Waals surface area contributed by atoms with Gasteiger partial charge < -0.3 is 9.67 Å². The van der Waals surface area contributed by atoms with Crippen LogP contribution in [0.15, 0.2) is 35.6 Å². The zero-order valence-electron chi connectivity index (χ0n) is 13.3. The number of aryl methyl sites for hydroxylation is 2. The first kappa shape index (κ1) is 14.5. The SMILES string of the molecule is Cc1c2n(c3c(-c4cccnc4)cc(C#N)c(O)c13)CCCN=C2. The molecule has 0 spiro atoms. The predicted molar refractivity (Wildman–Crippen MR) is 93.4 cm³/mol. The van der Waals surface area contributed by atoms with E-state index in [4.69, 9.17) is 0 Å². The molecule has 4 rings (SSSR count). The molecule has 5 heteroatoms. The lowest BCUT2D eigenvalue weighted by Gasteiger charge is -2.12. The van der Waals surface area contributed by atoms with Crippen LogP contribution in [0.2, 0.25) is 0 Å². The number of aromatic nitrogens is 2. The number of phenolic OH excluding ortho intramolecular Hbond substituents is 1. The summed E-state index contributed by atoms with van der Waals surface area (Å²) < 4.78 is 2.20. The van der Waals surface area contributed by atoms with Crippen molar-refractivity contribution < 1.29 is 5.11 Å². The molecule has 0 amide bonds. The molecule has 0 atom stereocenters. The third-order valence-electron chi connectivity index (χ3n) is 4.57. The number of rotatable bonds is 1. The smallest absolute Gasteiger partial charge is 0.143 e. The lowest BCUT2D eigenvalue weighted by atomic mass is 9.98. The van der Waals surface area contributed by atoms with Gasteiger partial charge >= 0.3 is 0 Å². The van der Waals surface area contributed by atoms with Crippen molar-refractivity contribution in [2.24, 2.45) is 4.99 Å². The second-order valence-corrected chi connectivity index (χ2v) is 5.95. The van der Waals surface area contributed by atoms with Crippen molar-refractivity contribution in [3.8, 4) is 22.9 Å². The Hall–Kier alpha value is -3.13. The van der Waals surface area contributed by atoms with E-state index < -0.39 is 0 Å². The van der Waals surface area contributed by atoms with Gasteiger partial charge in [0.15, 0.2) is 0 Å². The lowest BCUT2D eigenvalue weighted by Crippen LogP contribution is -2.02. The van der Waals surface area contributed by atoms with Crippen molar-refractivity contribution in [3.05, 3.63) is 47.4 Å². The van der Waals surface area contributed by atoms with Crippen LogP contribution < -0.4 is 0 Å². The number of benzene rings is 1. The normalized spacial score (nSPS) is 13.5. The number of fused-ring (bicyclic) bond motifs is 3. The molecule has 0 saturated heterocycles. The van der Waals surface area contributed by atoms with E-state index in [9.17, 15) is 10.4 Å². The van der Waals surface area contributed by atoms with Crippen molar-refractivity contribution >= 4 is 17.1 Å². The number of aliphatic imine (C=N–C) groups is 1. The Kier molecular flexibility index (Phi) is 3.31. The number of hydrogen-bond donors (Lipinski definition) is 1. The summed E-state index contributed by atoms with van der Waals surface area (Å²) in [5.41, 5.74) is 5.02. The van der Waals surface area contributed by atoms with Crippen molar-refractivity contribution in [1.29, 1.82) is 5.26 Å². The highest BCUT2D eigenvalue weighted by Crippen LogP contribution is 2.41. The van der Waals surface area contributed by atoms with Gasteiger partial charge in [-0.15, -0.1) is 0 Å². The van der Waals surface area contributed by atoms with Gasteiger partial charge in [0.05, 0.1) is 16.8 Å². The molecule has 0 radical (unpaired) electrons. The molecule has 0 aliphatic carbocycles. The van der Waals surface area contributed by atoms with E-state index in [0.717, 1.165) is 52.8 Å². The van der Waals surface area contributed by atoms with E-state index in [2.05, 4.69) is 20.6 Å². The average Bonchev–Trinajstić information content (AvgIpc) is 2.78. The van der Waals surface area contributed by atoms with E-state index in [0.29, 0.717) is 0 Å². The maximum atomic E-state index is 10.6. The van der Waals surface area contributed by atoms with E-state index in [1.54, 1.807) is 18.5 Å². The third-order valence-corrected chi connectivity index (χ3v) is 4.57. The summed E-state index contributed by atoms with van der Waals surface area (Å²) in [6.45, 7) is 3.60. The van der Waals surface area contributed by atoms with Gasteiger partial charge in [0.2, 0.25) is 0 Å². The van der Waals surface area contributed by atoms with Crippen molar-refractivity contribution in [3.63, 3.8) is 0 Å². The molecule has 24 heavy (non-hydrogen) atoms. The van der Waals surface area contributed by atoms with E-state index >= 15 is 0 Å². The minimum absolute atomic E-state index is 0.0478. The topological polar surface area (TPSA) is 74.2 Å². The minimum atomic E-state index is 0.0478. The summed E-state index contributed by atoms with van der Waals surface area (Å²) in [6, 6.07) is 7.71. The maximum Gasteiger partial charge on any atom is 0.143 e. The molecule has 1 aliphatic heterocycles. The van der Waals surface area contributed by atoms with Crippen LogP contribution in [0.25, 0.3) is 22.0 Å². The van der Waals surface area contributed by atoms with Crippen molar-refractivity contribution in [2.45, 2.75) is 19.9 Å². The zero-order valence-corrected chi connectivity index (χ0v) is 13.3. The molecule has 5 nitrogen and oxygen atoms in total. The highest BCUT2D eigenvalue weighted by molar-refractivity contribution is 6.06. The monoisotopic (exact) mass is 316 g/mol.